The van der Waals surface area contributed by atoms with Gasteiger partial charge in [0, 0.05) is 12.6 Å². The molecule has 0 aromatic carbocycles. The van der Waals surface area contributed by atoms with Crippen LogP contribution in [0.4, 0.5) is 0 Å². The van der Waals surface area contributed by atoms with Crippen LogP contribution in [0.3, 0.4) is 0 Å². The summed E-state index contributed by atoms with van der Waals surface area (Å²) in [5.74, 6) is 0. The Labute approximate surface area is 57.6 Å². The molecule has 3 nitrogen and oxygen atoms in total. The Bertz CT molecular complexity index is 39.3. The van der Waals surface area contributed by atoms with Crippen molar-refractivity contribution >= 4 is 0 Å². The van der Waals surface area contributed by atoms with Gasteiger partial charge in [0.1, 0.15) is 0 Å². The average Bonchev–Trinajstić information content (AvgIpc) is 1.93. The molecular formula is C6H19N3. The largest absolute Gasteiger partial charge is 0.333 e. The van der Waals surface area contributed by atoms with Crippen LogP contribution in [0.15, 0.2) is 0 Å². The summed E-state index contributed by atoms with van der Waals surface area (Å²) < 4.78 is 0. The van der Waals surface area contributed by atoms with Crippen molar-refractivity contribution in [1.82, 2.24) is 0 Å². The summed E-state index contributed by atoms with van der Waals surface area (Å²) in [7, 11) is 1.50. The Kier molecular flexibility index (Phi) is 14.0. The SMILES string of the molecule is CCC[C@H](N)CN.CN. The van der Waals surface area contributed by atoms with Gasteiger partial charge in [-0.25, -0.2) is 0 Å². The molecule has 0 bridgehead atoms. The van der Waals surface area contributed by atoms with Crippen molar-refractivity contribution in [1.29, 1.82) is 0 Å². The maximum absolute atomic E-state index is 5.46. The molecule has 3 heteroatoms. The van der Waals surface area contributed by atoms with Crippen molar-refractivity contribution in [2.75, 3.05) is 13.6 Å². The highest BCUT2D eigenvalue weighted by molar-refractivity contribution is 4.58. The van der Waals surface area contributed by atoms with Gasteiger partial charge in [-0.1, -0.05) is 13.3 Å². The van der Waals surface area contributed by atoms with Gasteiger partial charge in [0.25, 0.3) is 0 Å². The van der Waals surface area contributed by atoms with E-state index in [0.717, 1.165) is 12.8 Å². The van der Waals surface area contributed by atoms with Crippen LogP contribution in [0.25, 0.3) is 0 Å². The highest BCUT2D eigenvalue weighted by atomic mass is 14.7. The van der Waals surface area contributed by atoms with E-state index in [1.807, 2.05) is 0 Å². The van der Waals surface area contributed by atoms with E-state index in [1.165, 1.54) is 7.05 Å². The lowest BCUT2D eigenvalue weighted by Crippen LogP contribution is -2.28. The van der Waals surface area contributed by atoms with E-state index in [0.29, 0.717) is 6.54 Å². The standard InChI is InChI=1S/C5H14N2.CH5N/c1-2-3-5(7)4-6;1-2/h5H,2-4,6-7H2,1H3;2H2,1H3/t5-;/m0./s1. The highest BCUT2D eigenvalue weighted by Crippen LogP contribution is 1.88. The Hall–Kier alpha value is -0.120. The summed E-state index contributed by atoms with van der Waals surface area (Å²) in [5, 5.41) is 0. The lowest BCUT2D eigenvalue weighted by atomic mass is 10.2. The third-order valence-corrected chi connectivity index (χ3v) is 0.962. The molecule has 0 aliphatic rings. The van der Waals surface area contributed by atoms with Crippen molar-refractivity contribution in [3.8, 4) is 0 Å². The molecule has 0 unspecified atom stereocenters. The van der Waals surface area contributed by atoms with Crippen molar-refractivity contribution in [2.45, 2.75) is 25.8 Å². The molecule has 0 rings (SSSR count). The molecule has 0 fully saturated rings. The lowest BCUT2D eigenvalue weighted by molar-refractivity contribution is 0.612. The maximum atomic E-state index is 5.46. The second-order valence-corrected chi connectivity index (χ2v) is 1.78. The first-order chi connectivity index (χ1) is 4.31. The number of hydrogen-bond donors (Lipinski definition) is 3. The summed E-state index contributed by atoms with van der Waals surface area (Å²) in [6.45, 7) is 2.73. The Morgan fingerprint density at radius 1 is 1.33 bits per heavy atom. The van der Waals surface area contributed by atoms with Gasteiger partial charge in [-0.05, 0) is 13.5 Å². The summed E-state index contributed by atoms with van der Waals surface area (Å²) in [4.78, 5) is 0. The van der Waals surface area contributed by atoms with Crippen molar-refractivity contribution in [3.05, 3.63) is 0 Å². The zero-order valence-corrected chi connectivity index (χ0v) is 6.43. The number of hydrogen-bond acceptors (Lipinski definition) is 3. The molecule has 6 N–H and O–H groups in total. The highest BCUT2D eigenvalue weighted by Gasteiger charge is 1.93. The Morgan fingerprint density at radius 2 is 1.78 bits per heavy atom. The molecule has 1 atom stereocenters. The van der Waals surface area contributed by atoms with E-state index in [4.69, 9.17) is 11.5 Å². The third-order valence-electron chi connectivity index (χ3n) is 0.962. The molecular weight excluding hydrogens is 114 g/mol. The molecule has 0 saturated carbocycles. The van der Waals surface area contributed by atoms with Gasteiger partial charge in [0.05, 0.1) is 0 Å². The van der Waals surface area contributed by atoms with Crippen molar-refractivity contribution < 1.29 is 0 Å². The minimum Gasteiger partial charge on any atom is -0.333 e. The van der Waals surface area contributed by atoms with E-state index >= 15 is 0 Å². The molecule has 0 aliphatic heterocycles. The first-order valence-corrected chi connectivity index (χ1v) is 3.34. The van der Waals surface area contributed by atoms with Crippen molar-refractivity contribution in [2.24, 2.45) is 17.2 Å². The summed E-state index contributed by atoms with van der Waals surface area (Å²) in [6, 6.07) is 0.227. The third kappa shape index (κ3) is 11.4. The van der Waals surface area contributed by atoms with Gasteiger partial charge in [-0.2, -0.15) is 0 Å². The van der Waals surface area contributed by atoms with Gasteiger partial charge in [0.2, 0.25) is 0 Å². The number of rotatable bonds is 3. The van der Waals surface area contributed by atoms with Gasteiger partial charge in [-0.15, -0.1) is 0 Å². The predicted octanol–water partition coefficient (Wildman–Crippen LogP) is -0.353. The van der Waals surface area contributed by atoms with Gasteiger partial charge >= 0.3 is 0 Å². The molecule has 0 amide bonds. The van der Waals surface area contributed by atoms with Crippen LogP contribution < -0.4 is 17.2 Å². The van der Waals surface area contributed by atoms with Crippen LogP contribution >= 0.6 is 0 Å². The van der Waals surface area contributed by atoms with Gasteiger partial charge in [0.15, 0.2) is 0 Å². The second-order valence-electron chi connectivity index (χ2n) is 1.78. The fourth-order valence-corrected chi connectivity index (χ4v) is 0.489. The van der Waals surface area contributed by atoms with Crippen LogP contribution in [0.2, 0.25) is 0 Å². The molecule has 0 aromatic rings. The first kappa shape index (κ1) is 11.6. The molecule has 58 valence electrons. The van der Waals surface area contributed by atoms with E-state index in [2.05, 4.69) is 12.7 Å². The van der Waals surface area contributed by atoms with Gasteiger partial charge in [-0.3, -0.25) is 0 Å². The van der Waals surface area contributed by atoms with Crippen LogP contribution in [0.5, 0.6) is 0 Å². The summed E-state index contributed by atoms with van der Waals surface area (Å²) in [6.07, 6.45) is 2.19. The predicted molar refractivity (Wildman–Crippen MR) is 42.0 cm³/mol. The van der Waals surface area contributed by atoms with Crippen LogP contribution in [0.1, 0.15) is 19.8 Å². The van der Waals surface area contributed by atoms with E-state index < -0.39 is 0 Å². The summed E-state index contributed by atoms with van der Waals surface area (Å²) >= 11 is 0. The fraction of sp³-hybridized carbons (Fsp3) is 1.00. The fourth-order valence-electron chi connectivity index (χ4n) is 0.489. The van der Waals surface area contributed by atoms with E-state index in [-0.39, 0.29) is 6.04 Å². The zero-order chi connectivity index (χ0) is 7.70. The van der Waals surface area contributed by atoms with Crippen LogP contribution in [-0.4, -0.2) is 19.6 Å². The van der Waals surface area contributed by atoms with Gasteiger partial charge < -0.3 is 17.2 Å². The molecule has 0 spiro atoms. The quantitative estimate of drug-likeness (QED) is 0.492. The Morgan fingerprint density at radius 3 is 1.89 bits per heavy atom. The maximum Gasteiger partial charge on any atom is 0.0162 e. The lowest BCUT2D eigenvalue weighted by Gasteiger charge is -2.03. The monoisotopic (exact) mass is 133 g/mol. The van der Waals surface area contributed by atoms with Crippen LogP contribution in [0, 0.1) is 0 Å². The van der Waals surface area contributed by atoms with Crippen molar-refractivity contribution in [3.63, 3.8) is 0 Å². The normalized spacial score (nSPS) is 11.7. The molecule has 0 aliphatic carbocycles. The topological polar surface area (TPSA) is 78.1 Å². The molecule has 0 radical (unpaired) electrons. The van der Waals surface area contributed by atoms with Crippen LogP contribution in [-0.2, 0) is 0 Å². The molecule has 9 heavy (non-hydrogen) atoms. The van der Waals surface area contributed by atoms with E-state index in [9.17, 15) is 0 Å². The average molecular weight is 133 g/mol. The Balaban J connectivity index is 0. The van der Waals surface area contributed by atoms with E-state index in [1.54, 1.807) is 0 Å². The molecule has 0 heterocycles. The summed E-state index contributed by atoms with van der Waals surface area (Å²) in [5.41, 5.74) is 15.2. The smallest absolute Gasteiger partial charge is 0.0162 e. The zero-order valence-electron chi connectivity index (χ0n) is 6.43. The minimum atomic E-state index is 0.227. The molecule has 0 saturated heterocycles. The first-order valence-electron chi connectivity index (χ1n) is 3.34. The number of nitrogens with two attached hydrogens (primary N) is 3. The molecule has 0 aromatic heterocycles. The second kappa shape index (κ2) is 10.8. The minimum absolute atomic E-state index is 0.227.